The number of anilines is 1. The summed E-state index contributed by atoms with van der Waals surface area (Å²) >= 11 is 5.43. The summed E-state index contributed by atoms with van der Waals surface area (Å²) in [6.07, 6.45) is 2.20. The van der Waals surface area contributed by atoms with Crippen LogP contribution in [0, 0.1) is 0 Å². The lowest BCUT2D eigenvalue weighted by Gasteiger charge is -2.10. The van der Waals surface area contributed by atoms with Gasteiger partial charge in [0.1, 0.15) is 16.5 Å². The first-order valence-corrected chi connectivity index (χ1v) is 7.82. The minimum atomic E-state index is 0.685. The van der Waals surface area contributed by atoms with Gasteiger partial charge in [0.15, 0.2) is 0 Å². The van der Waals surface area contributed by atoms with Crippen molar-refractivity contribution in [1.82, 2.24) is 0 Å². The zero-order chi connectivity index (χ0) is 15.8. The van der Waals surface area contributed by atoms with Gasteiger partial charge in [-0.15, -0.1) is 0 Å². The molecule has 0 unspecified atom stereocenters. The summed E-state index contributed by atoms with van der Waals surface area (Å²) in [4.78, 5) is 0.685. The molecule has 2 aromatic rings. The van der Waals surface area contributed by atoms with Crippen molar-refractivity contribution in [2.75, 3.05) is 19.0 Å². The van der Waals surface area contributed by atoms with Crippen LogP contribution in [-0.2, 0) is 0 Å². The van der Waals surface area contributed by atoms with Crippen LogP contribution < -0.4 is 14.8 Å². The second kappa shape index (κ2) is 8.39. The monoisotopic (exact) mass is 315 g/mol. The predicted molar refractivity (Wildman–Crippen MR) is 95.2 cm³/mol. The normalized spacial score (nSPS) is 10.1. The Kier molecular flexibility index (Phi) is 6.22. The topological polar surface area (TPSA) is 30.5 Å². The maximum atomic E-state index is 5.65. The van der Waals surface area contributed by atoms with Crippen LogP contribution in [0.2, 0.25) is 0 Å². The summed E-state index contributed by atoms with van der Waals surface area (Å²) in [5.41, 5.74) is 1.91. The minimum absolute atomic E-state index is 0.685. The molecule has 0 fully saturated rings. The van der Waals surface area contributed by atoms with E-state index in [0.29, 0.717) is 4.99 Å². The minimum Gasteiger partial charge on any atom is -0.497 e. The van der Waals surface area contributed by atoms with Crippen molar-refractivity contribution in [1.29, 1.82) is 0 Å². The first-order valence-electron chi connectivity index (χ1n) is 7.41. The summed E-state index contributed by atoms with van der Waals surface area (Å²) in [7, 11) is 1.65. The highest BCUT2D eigenvalue weighted by Crippen LogP contribution is 2.18. The van der Waals surface area contributed by atoms with Crippen molar-refractivity contribution < 1.29 is 9.47 Å². The number of benzene rings is 2. The molecule has 0 aliphatic carbocycles. The molecule has 0 atom stereocenters. The number of nitrogens with one attached hydrogen (secondary N) is 1. The average molecular weight is 315 g/mol. The van der Waals surface area contributed by atoms with Gasteiger partial charge in [0, 0.05) is 11.3 Å². The highest BCUT2D eigenvalue weighted by atomic mass is 32.1. The molecule has 0 saturated heterocycles. The predicted octanol–water partition coefficient (Wildman–Crippen LogP) is 4.66. The Morgan fingerprint density at radius 2 is 1.64 bits per heavy atom. The van der Waals surface area contributed by atoms with Crippen LogP contribution >= 0.6 is 12.2 Å². The number of thiocarbonyl (C=S) groups is 1. The number of ether oxygens (including phenoxy) is 2. The Hall–Kier alpha value is -2.07. The first kappa shape index (κ1) is 16.3. The molecule has 116 valence electrons. The molecule has 0 saturated carbocycles. The lowest BCUT2D eigenvalue weighted by Crippen LogP contribution is -2.10. The molecule has 3 nitrogen and oxygen atoms in total. The molecular weight excluding hydrogens is 294 g/mol. The molecule has 0 bridgehead atoms. The van der Waals surface area contributed by atoms with E-state index < -0.39 is 0 Å². The Bertz CT molecular complexity index is 593. The van der Waals surface area contributed by atoms with Crippen LogP contribution in [0.15, 0.2) is 48.5 Å². The molecule has 2 rings (SSSR count). The van der Waals surface area contributed by atoms with Crippen LogP contribution in [-0.4, -0.2) is 18.7 Å². The third kappa shape index (κ3) is 4.74. The van der Waals surface area contributed by atoms with Crippen LogP contribution in [0.25, 0.3) is 0 Å². The average Bonchev–Trinajstić information content (AvgIpc) is 2.56. The first-order chi connectivity index (χ1) is 10.7. The van der Waals surface area contributed by atoms with Gasteiger partial charge in [0.05, 0.1) is 13.7 Å². The Balaban J connectivity index is 1.94. The Morgan fingerprint density at radius 1 is 1.00 bits per heavy atom. The fourth-order valence-corrected chi connectivity index (χ4v) is 2.17. The van der Waals surface area contributed by atoms with E-state index in [4.69, 9.17) is 21.7 Å². The largest absolute Gasteiger partial charge is 0.497 e. The highest BCUT2D eigenvalue weighted by Gasteiger charge is 2.03. The standard InChI is InChI=1S/C18H21NO2S/c1-3-4-13-21-17-9-5-14(6-10-17)18(22)19-15-7-11-16(20-2)12-8-15/h5-12H,3-4,13H2,1-2H3,(H,19,22). The second-order valence-electron chi connectivity index (χ2n) is 4.91. The fourth-order valence-electron chi connectivity index (χ4n) is 1.91. The van der Waals surface area contributed by atoms with Crippen molar-refractivity contribution in [2.45, 2.75) is 19.8 Å². The SMILES string of the molecule is CCCCOc1ccc(C(=S)Nc2ccc(OC)cc2)cc1. The van der Waals surface area contributed by atoms with Gasteiger partial charge < -0.3 is 14.8 Å². The molecule has 0 aromatic heterocycles. The Labute approximate surface area is 137 Å². The molecule has 22 heavy (non-hydrogen) atoms. The van der Waals surface area contributed by atoms with E-state index in [2.05, 4.69) is 12.2 Å². The zero-order valence-electron chi connectivity index (χ0n) is 13.0. The second-order valence-corrected chi connectivity index (χ2v) is 5.32. The van der Waals surface area contributed by atoms with Crippen LogP contribution in [0.1, 0.15) is 25.3 Å². The van der Waals surface area contributed by atoms with Crippen LogP contribution in [0.5, 0.6) is 11.5 Å². The molecule has 4 heteroatoms. The van der Waals surface area contributed by atoms with Crippen molar-refractivity contribution in [3.8, 4) is 11.5 Å². The summed E-state index contributed by atoms with van der Waals surface area (Å²) in [5, 5.41) is 3.22. The van der Waals surface area contributed by atoms with Gasteiger partial charge in [-0.3, -0.25) is 0 Å². The van der Waals surface area contributed by atoms with E-state index in [1.807, 2.05) is 48.5 Å². The molecule has 2 aromatic carbocycles. The van der Waals surface area contributed by atoms with E-state index in [1.165, 1.54) is 0 Å². The summed E-state index contributed by atoms with van der Waals surface area (Å²) in [6.45, 7) is 2.90. The van der Waals surface area contributed by atoms with Crippen molar-refractivity contribution in [2.24, 2.45) is 0 Å². The maximum Gasteiger partial charge on any atom is 0.119 e. The van der Waals surface area contributed by atoms with E-state index in [0.717, 1.165) is 42.2 Å². The van der Waals surface area contributed by atoms with E-state index >= 15 is 0 Å². The maximum absolute atomic E-state index is 5.65. The zero-order valence-corrected chi connectivity index (χ0v) is 13.8. The molecule has 0 spiro atoms. The molecule has 0 amide bonds. The quantitative estimate of drug-likeness (QED) is 0.594. The van der Waals surface area contributed by atoms with Gasteiger partial charge in [-0.25, -0.2) is 0 Å². The Morgan fingerprint density at radius 3 is 2.23 bits per heavy atom. The molecule has 0 radical (unpaired) electrons. The number of methoxy groups -OCH3 is 1. The third-order valence-electron chi connectivity index (χ3n) is 3.23. The summed E-state index contributed by atoms with van der Waals surface area (Å²) in [5.74, 6) is 1.70. The van der Waals surface area contributed by atoms with E-state index in [9.17, 15) is 0 Å². The van der Waals surface area contributed by atoms with E-state index in [1.54, 1.807) is 7.11 Å². The molecule has 0 aliphatic heterocycles. The highest BCUT2D eigenvalue weighted by molar-refractivity contribution is 7.81. The van der Waals surface area contributed by atoms with Gasteiger partial charge in [0.25, 0.3) is 0 Å². The van der Waals surface area contributed by atoms with Crippen molar-refractivity contribution >= 4 is 22.9 Å². The molecular formula is C18H21NO2S. The summed E-state index contributed by atoms with van der Waals surface area (Å²) < 4.78 is 10.8. The molecule has 0 aliphatic rings. The molecule has 1 N–H and O–H groups in total. The summed E-state index contributed by atoms with van der Waals surface area (Å²) in [6, 6.07) is 15.5. The number of unbranched alkanes of at least 4 members (excludes halogenated alkanes) is 1. The lowest BCUT2D eigenvalue weighted by molar-refractivity contribution is 0.309. The van der Waals surface area contributed by atoms with Crippen molar-refractivity contribution in [3.63, 3.8) is 0 Å². The van der Waals surface area contributed by atoms with Gasteiger partial charge >= 0.3 is 0 Å². The van der Waals surface area contributed by atoms with Gasteiger partial charge in [0.2, 0.25) is 0 Å². The van der Waals surface area contributed by atoms with Crippen LogP contribution in [0.4, 0.5) is 5.69 Å². The van der Waals surface area contributed by atoms with Crippen molar-refractivity contribution in [3.05, 3.63) is 54.1 Å². The van der Waals surface area contributed by atoms with E-state index in [-0.39, 0.29) is 0 Å². The number of hydrogen-bond donors (Lipinski definition) is 1. The number of rotatable bonds is 7. The van der Waals surface area contributed by atoms with Gasteiger partial charge in [-0.2, -0.15) is 0 Å². The smallest absolute Gasteiger partial charge is 0.119 e. The van der Waals surface area contributed by atoms with Gasteiger partial charge in [-0.1, -0.05) is 25.6 Å². The third-order valence-corrected chi connectivity index (χ3v) is 3.57. The van der Waals surface area contributed by atoms with Gasteiger partial charge in [-0.05, 0) is 55.0 Å². The van der Waals surface area contributed by atoms with Crippen LogP contribution in [0.3, 0.4) is 0 Å². The lowest BCUT2D eigenvalue weighted by atomic mass is 10.2. The fraction of sp³-hybridized carbons (Fsp3) is 0.278. The number of hydrogen-bond acceptors (Lipinski definition) is 3. The molecule has 0 heterocycles.